The van der Waals surface area contributed by atoms with Crippen LogP contribution in [0.15, 0.2) is 30.3 Å². The molecule has 0 bridgehead atoms. The normalized spacial score (nSPS) is 11.8. The third-order valence-corrected chi connectivity index (χ3v) is 3.75. The van der Waals surface area contributed by atoms with Crippen LogP contribution in [0.5, 0.6) is 0 Å². The first-order valence-corrected chi connectivity index (χ1v) is 6.26. The standard InChI is InChI=1S/C12H9ClF3NS/c13-9-4-7(3-8(5-9)12(14,15)16)11-2-1-10(6-17)18-11/h1-5H,6,17H2. The number of nitrogens with two attached hydrogens (primary N) is 1. The average molecular weight is 292 g/mol. The van der Waals surface area contributed by atoms with E-state index in [0.717, 1.165) is 21.9 Å². The fourth-order valence-corrected chi connectivity index (χ4v) is 2.65. The molecule has 2 aromatic rings. The molecule has 6 heteroatoms. The molecular weight excluding hydrogens is 283 g/mol. The first kappa shape index (κ1) is 13.4. The minimum atomic E-state index is -4.40. The highest BCUT2D eigenvalue weighted by atomic mass is 35.5. The van der Waals surface area contributed by atoms with Crippen LogP contribution in [0.1, 0.15) is 10.4 Å². The predicted octanol–water partition coefficient (Wildman–Crippen LogP) is 4.55. The van der Waals surface area contributed by atoms with Crippen molar-refractivity contribution < 1.29 is 13.2 Å². The Balaban J connectivity index is 2.48. The summed E-state index contributed by atoms with van der Waals surface area (Å²) in [5.74, 6) is 0. The van der Waals surface area contributed by atoms with Gasteiger partial charge in [0.15, 0.2) is 0 Å². The van der Waals surface area contributed by atoms with E-state index in [9.17, 15) is 13.2 Å². The van der Waals surface area contributed by atoms with Gasteiger partial charge >= 0.3 is 6.18 Å². The van der Waals surface area contributed by atoms with Gasteiger partial charge in [-0.25, -0.2) is 0 Å². The first-order chi connectivity index (χ1) is 8.40. The predicted molar refractivity (Wildman–Crippen MR) is 67.7 cm³/mol. The molecule has 0 atom stereocenters. The van der Waals surface area contributed by atoms with Crippen LogP contribution in [-0.4, -0.2) is 0 Å². The SMILES string of the molecule is NCc1ccc(-c2cc(Cl)cc(C(F)(F)F)c2)s1. The van der Waals surface area contributed by atoms with Gasteiger partial charge in [-0.05, 0) is 35.9 Å². The molecule has 0 amide bonds. The molecule has 0 aliphatic heterocycles. The Morgan fingerprint density at radius 2 is 1.89 bits per heavy atom. The van der Waals surface area contributed by atoms with Crippen LogP contribution in [0.2, 0.25) is 5.02 Å². The minimum absolute atomic E-state index is 0.0718. The first-order valence-electron chi connectivity index (χ1n) is 5.07. The Morgan fingerprint density at radius 3 is 2.44 bits per heavy atom. The van der Waals surface area contributed by atoms with Crippen LogP contribution in [0, 0.1) is 0 Å². The van der Waals surface area contributed by atoms with E-state index in [4.69, 9.17) is 17.3 Å². The van der Waals surface area contributed by atoms with Gasteiger partial charge in [0.25, 0.3) is 0 Å². The van der Waals surface area contributed by atoms with Crippen LogP contribution >= 0.6 is 22.9 Å². The summed E-state index contributed by atoms with van der Waals surface area (Å²) in [6, 6.07) is 7.08. The number of thiophene rings is 1. The quantitative estimate of drug-likeness (QED) is 0.863. The lowest BCUT2D eigenvalue weighted by Crippen LogP contribution is -2.04. The number of rotatable bonds is 2. The molecule has 2 rings (SSSR count). The topological polar surface area (TPSA) is 26.0 Å². The molecule has 1 aromatic heterocycles. The van der Waals surface area contributed by atoms with Crippen LogP contribution in [0.4, 0.5) is 13.2 Å². The van der Waals surface area contributed by atoms with E-state index >= 15 is 0 Å². The van der Waals surface area contributed by atoms with E-state index in [1.165, 1.54) is 17.4 Å². The summed E-state index contributed by atoms with van der Waals surface area (Å²) < 4.78 is 38.0. The Morgan fingerprint density at radius 1 is 1.17 bits per heavy atom. The molecule has 18 heavy (non-hydrogen) atoms. The Hall–Kier alpha value is -1.04. The van der Waals surface area contributed by atoms with E-state index in [0.29, 0.717) is 12.1 Å². The number of hydrogen-bond donors (Lipinski definition) is 1. The molecule has 96 valence electrons. The third kappa shape index (κ3) is 2.85. The van der Waals surface area contributed by atoms with E-state index < -0.39 is 11.7 Å². The van der Waals surface area contributed by atoms with Crippen molar-refractivity contribution in [2.24, 2.45) is 5.73 Å². The lowest BCUT2D eigenvalue weighted by Gasteiger charge is -2.09. The minimum Gasteiger partial charge on any atom is -0.326 e. The van der Waals surface area contributed by atoms with Crippen molar-refractivity contribution in [1.82, 2.24) is 0 Å². The van der Waals surface area contributed by atoms with Gasteiger partial charge in [0, 0.05) is 21.3 Å². The molecule has 1 heterocycles. The smallest absolute Gasteiger partial charge is 0.326 e. The lowest BCUT2D eigenvalue weighted by molar-refractivity contribution is -0.137. The molecule has 1 aromatic carbocycles. The van der Waals surface area contributed by atoms with Crippen molar-refractivity contribution in [2.45, 2.75) is 12.7 Å². The molecule has 0 aliphatic carbocycles. The number of halogens is 4. The highest BCUT2D eigenvalue weighted by Crippen LogP contribution is 2.36. The molecule has 0 saturated carbocycles. The number of alkyl halides is 3. The summed E-state index contributed by atoms with van der Waals surface area (Å²) in [5, 5.41) is 0.0718. The molecule has 1 nitrogen and oxygen atoms in total. The summed E-state index contributed by atoms with van der Waals surface area (Å²) in [6.45, 7) is 0.372. The van der Waals surface area contributed by atoms with Gasteiger partial charge in [-0.3, -0.25) is 0 Å². The third-order valence-electron chi connectivity index (χ3n) is 2.37. The monoisotopic (exact) mass is 291 g/mol. The molecule has 0 saturated heterocycles. The Bertz CT molecular complexity index is 563. The van der Waals surface area contributed by atoms with Gasteiger partial charge in [0.1, 0.15) is 0 Å². The fraction of sp³-hybridized carbons (Fsp3) is 0.167. The van der Waals surface area contributed by atoms with E-state index in [-0.39, 0.29) is 5.02 Å². The van der Waals surface area contributed by atoms with Crippen molar-refractivity contribution >= 4 is 22.9 Å². The largest absolute Gasteiger partial charge is 0.416 e. The summed E-state index contributed by atoms with van der Waals surface area (Å²) in [7, 11) is 0. The van der Waals surface area contributed by atoms with Crippen molar-refractivity contribution in [3.05, 3.63) is 45.8 Å². The molecule has 0 radical (unpaired) electrons. The van der Waals surface area contributed by atoms with Gasteiger partial charge in [-0.1, -0.05) is 11.6 Å². The van der Waals surface area contributed by atoms with Crippen molar-refractivity contribution in [1.29, 1.82) is 0 Å². The Kier molecular flexibility index (Phi) is 3.66. The molecule has 0 fully saturated rings. The fourth-order valence-electron chi connectivity index (χ4n) is 1.54. The van der Waals surface area contributed by atoms with Crippen molar-refractivity contribution in [3.8, 4) is 10.4 Å². The van der Waals surface area contributed by atoms with Crippen LogP contribution < -0.4 is 5.73 Å². The highest BCUT2D eigenvalue weighted by Gasteiger charge is 2.31. The summed E-state index contributed by atoms with van der Waals surface area (Å²) >= 11 is 7.09. The van der Waals surface area contributed by atoms with Gasteiger partial charge in [-0.15, -0.1) is 11.3 Å². The van der Waals surface area contributed by atoms with E-state index in [2.05, 4.69) is 0 Å². The van der Waals surface area contributed by atoms with Crippen molar-refractivity contribution in [3.63, 3.8) is 0 Å². The summed E-state index contributed by atoms with van der Waals surface area (Å²) in [6.07, 6.45) is -4.40. The summed E-state index contributed by atoms with van der Waals surface area (Å²) in [4.78, 5) is 1.64. The molecule has 0 unspecified atom stereocenters. The molecule has 2 N–H and O–H groups in total. The van der Waals surface area contributed by atoms with Gasteiger partial charge in [-0.2, -0.15) is 13.2 Å². The van der Waals surface area contributed by atoms with Crippen LogP contribution in [-0.2, 0) is 12.7 Å². The lowest BCUT2D eigenvalue weighted by atomic mass is 10.1. The van der Waals surface area contributed by atoms with Gasteiger partial charge < -0.3 is 5.73 Å². The van der Waals surface area contributed by atoms with E-state index in [1.807, 2.05) is 0 Å². The summed E-state index contributed by atoms with van der Waals surface area (Å²) in [5.41, 5.74) is 5.19. The van der Waals surface area contributed by atoms with Gasteiger partial charge in [0.2, 0.25) is 0 Å². The maximum atomic E-state index is 12.7. The second-order valence-corrected chi connectivity index (χ2v) is 5.30. The van der Waals surface area contributed by atoms with Gasteiger partial charge in [0.05, 0.1) is 5.56 Å². The second kappa shape index (κ2) is 4.91. The van der Waals surface area contributed by atoms with Crippen LogP contribution in [0.25, 0.3) is 10.4 Å². The van der Waals surface area contributed by atoms with Crippen LogP contribution in [0.3, 0.4) is 0 Å². The number of hydrogen-bond acceptors (Lipinski definition) is 2. The Labute approximate surface area is 111 Å². The molecular formula is C12H9ClF3NS. The van der Waals surface area contributed by atoms with Crippen molar-refractivity contribution in [2.75, 3.05) is 0 Å². The zero-order valence-corrected chi connectivity index (χ0v) is 10.7. The molecule has 0 aliphatic rings. The maximum absolute atomic E-state index is 12.7. The molecule has 0 spiro atoms. The maximum Gasteiger partial charge on any atom is 0.416 e. The zero-order valence-electron chi connectivity index (χ0n) is 9.09. The van der Waals surface area contributed by atoms with E-state index in [1.54, 1.807) is 12.1 Å². The average Bonchev–Trinajstić information content (AvgIpc) is 2.75. The number of benzene rings is 1. The zero-order chi connectivity index (χ0) is 13.3. The second-order valence-electron chi connectivity index (χ2n) is 3.70. The highest BCUT2D eigenvalue weighted by molar-refractivity contribution is 7.15.